The fraction of sp³-hybridized carbons (Fsp3) is 0.500. The summed E-state index contributed by atoms with van der Waals surface area (Å²) in [5.74, 6) is -1.34. The molecule has 1 saturated carbocycles. The standard InChI is InChI=1S/C24H29FN4O4/c1-14-9-10-28(17-3-2-4-17)19-13-27-12-18(21(30)22(31)20(27)24(33)29(14)19)23(32)26-11-15-5-7-16(25)8-6-15/h5-8,12,14,17,19,23,26,31-32H,2-4,9-11,13H2,1H3/t14-,19?,23?/m0/s1. The van der Waals surface area contributed by atoms with Crippen LogP contribution in [-0.4, -0.2) is 55.3 Å². The molecule has 2 fully saturated rings. The van der Waals surface area contributed by atoms with Gasteiger partial charge < -0.3 is 19.7 Å². The summed E-state index contributed by atoms with van der Waals surface area (Å²) in [5.41, 5.74) is -0.0877. The van der Waals surface area contributed by atoms with E-state index in [1.165, 1.54) is 24.8 Å². The maximum atomic E-state index is 13.4. The number of hydrogen-bond donors (Lipinski definition) is 3. The molecular weight excluding hydrogens is 427 g/mol. The van der Waals surface area contributed by atoms with Gasteiger partial charge in [-0.1, -0.05) is 18.6 Å². The van der Waals surface area contributed by atoms with Crippen molar-refractivity contribution in [2.24, 2.45) is 0 Å². The molecule has 1 aromatic carbocycles. The lowest BCUT2D eigenvalue weighted by molar-refractivity contribution is -0.0662. The number of rotatable bonds is 5. The number of benzene rings is 1. The van der Waals surface area contributed by atoms with Crippen molar-refractivity contribution in [3.8, 4) is 5.75 Å². The van der Waals surface area contributed by atoms with Gasteiger partial charge in [0.05, 0.1) is 12.1 Å². The van der Waals surface area contributed by atoms with Gasteiger partial charge in [0.2, 0.25) is 5.43 Å². The van der Waals surface area contributed by atoms with E-state index in [4.69, 9.17) is 0 Å². The van der Waals surface area contributed by atoms with Crippen LogP contribution >= 0.6 is 0 Å². The Balaban J connectivity index is 1.44. The van der Waals surface area contributed by atoms with E-state index in [0.29, 0.717) is 12.6 Å². The molecule has 2 unspecified atom stereocenters. The number of aromatic nitrogens is 1. The number of nitrogens with one attached hydrogen (secondary N) is 1. The van der Waals surface area contributed by atoms with Gasteiger partial charge in [0.25, 0.3) is 5.91 Å². The zero-order chi connectivity index (χ0) is 23.3. The Hall–Kier alpha value is -2.75. The number of amides is 1. The van der Waals surface area contributed by atoms with Crippen LogP contribution in [0.15, 0.2) is 35.3 Å². The topological polar surface area (TPSA) is 98.0 Å². The Morgan fingerprint density at radius 3 is 2.58 bits per heavy atom. The van der Waals surface area contributed by atoms with Gasteiger partial charge in [-0.2, -0.15) is 0 Å². The van der Waals surface area contributed by atoms with Gasteiger partial charge in [-0.25, -0.2) is 4.39 Å². The van der Waals surface area contributed by atoms with E-state index in [0.717, 1.165) is 31.4 Å². The molecular formula is C24H29FN4O4. The smallest absolute Gasteiger partial charge is 0.276 e. The van der Waals surface area contributed by atoms with Crippen LogP contribution < -0.4 is 10.7 Å². The molecule has 0 radical (unpaired) electrons. The molecule has 3 N–H and O–H groups in total. The average molecular weight is 457 g/mol. The summed E-state index contributed by atoms with van der Waals surface area (Å²) in [4.78, 5) is 30.4. The van der Waals surface area contributed by atoms with Gasteiger partial charge in [0.1, 0.15) is 18.2 Å². The highest BCUT2D eigenvalue weighted by Gasteiger charge is 2.46. The number of carbonyl (C=O) groups is 1. The fourth-order valence-corrected chi connectivity index (χ4v) is 5.21. The second kappa shape index (κ2) is 8.55. The Bertz CT molecular complexity index is 1110. The number of aromatic hydroxyl groups is 1. The first-order chi connectivity index (χ1) is 15.8. The number of aliphatic hydroxyl groups is 1. The third kappa shape index (κ3) is 3.84. The second-order valence-electron chi connectivity index (χ2n) is 9.33. The zero-order valence-corrected chi connectivity index (χ0v) is 18.6. The molecule has 8 nitrogen and oxygen atoms in total. The molecule has 0 spiro atoms. The molecule has 0 bridgehead atoms. The number of carbonyl (C=O) groups excluding carboxylic acids is 1. The highest BCUT2D eigenvalue weighted by Crippen LogP contribution is 2.36. The third-order valence-corrected chi connectivity index (χ3v) is 7.32. The highest BCUT2D eigenvalue weighted by molar-refractivity contribution is 5.96. The van der Waals surface area contributed by atoms with Gasteiger partial charge >= 0.3 is 0 Å². The predicted molar refractivity (Wildman–Crippen MR) is 119 cm³/mol. The van der Waals surface area contributed by atoms with E-state index in [2.05, 4.69) is 10.2 Å². The number of fused-ring (bicyclic) bond motifs is 2. The van der Waals surface area contributed by atoms with E-state index in [1.807, 2.05) is 6.92 Å². The minimum absolute atomic E-state index is 0.0183. The van der Waals surface area contributed by atoms with Gasteiger partial charge in [-0.05, 0) is 43.9 Å². The fourth-order valence-electron chi connectivity index (χ4n) is 5.21. The zero-order valence-electron chi connectivity index (χ0n) is 18.6. The number of hydrogen-bond acceptors (Lipinski definition) is 6. The first-order valence-corrected chi connectivity index (χ1v) is 11.6. The van der Waals surface area contributed by atoms with Crippen molar-refractivity contribution in [1.29, 1.82) is 0 Å². The monoisotopic (exact) mass is 456 g/mol. The van der Waals surface area contributed by atoms with Crippen molar-refractivity contribution >= 4 is 5.91 Å². The second-order valence-corrected chi connectivity index (χ2v) is 9.33. The van der Waals surface area contributed by atoms with Crippen LogP contribution in [0.5, 0.6) is 5.75 Å². The molecule has 5 rings (SSSR count). The van der Waals surface area contributed by atoms with Crippen molar-refractivity contribution < 1.29 is 19.4 Å². The van der Waals surface area contributed by atoms with Crippen molar-refractivity contribution in [1.82, 2.24) is 19.7 Å². The number of nitrogens with zero attached hydrogens (tertiary/aromatic N) is 3. The van der Waals surface area contributed by atoms with Crippen molar-refractivity contribution in [2.75, 3.05) is 6.54 Å². The summed E-state index contributed by atoms with van der Waals surface area (Å²) in [6, 6.07) is 6.27. The summed E-state index contributed by atoms with van der Waals surface area (Å²) < 4.78 is 14.7. The Kier molecular flexibility index (Phi) is 5.72. The van der Waals surface area contributed by atoms with Gasteiger partial charge in [0, 0.05) is 31.4 Å². The van der Waals surface area contributed by atoms with Crippen LogP contribution in [0.3, 0.4) is 0 Å². The van der Waals surface area contributed by atoms with E-state index in [9.17, 15) is 24.2 Å². The maximum absolute atomic E-state index is 13.4. The first-order valence-electron chi connectivity index (χ1n) is 11.6. The minimum Gasteiger partial charge on any atom is -0.503 e. The van der Waals surface area contributed by atoms with E-state index in [-0.39, 0.29) is 41.7 Å². The molecule has 33 heavy (non-hydrogen) atoms. The van der Waals surface area contributed by atoms with Gasteiger partial charge in [0.15, 0.2) is 11.4 Å². The van der Waals surface area contributed by atoms with Crippen LogP contribution in [0.1, 0.15) is 60.5 Å². The summed E-state index contributed by atoms with van der Waals surface area (Å²) in [7, 11) is 0. The number of pyridine rings is 1. The molecule has 1 amide bonds. The van der Waals surface area contributed by atoms with Crippen molar-refractivity contribution in [2.45, 2.75) is 70.2 Å². The van der Waals surface area contributed by atoms with E-state index >= 15 is 0 Å². The summed E-state index contributed by atoms with van der Waals surface area (Å²) in [6.45, 7) is 3.54. The molecule has 1 aliphatic carbocycles. The minimum atomic E-state index is -1.35. The Labute approximate surface area is 191 Å². The lowest BCUT2D eigenvalue weighted by atomic mass is 9.89. The van der Waals surface area contributed by atoms with Crippen molar-refractivity contribution in [3.63, 3.8) is 0 Å². The van der Waals surface area contributed by atoms with Gasteiger partial charge in [-0.3, -0.25) is 19.8 Å². The third-order valence-electron chi connectivity index (χ3n) is 7.32. The van der Waals surface area contributed by atoms with Crippen LogP contribution in [0.25, 0.3) is 0 Å². The summed E-state index contributed by atoms with van der Waals surface area (Å²) in [6.07, 6.45) is 4.27. The van der Waals surface area contributed by atoms with E-state index < -0.39 is 17.4 Å². The molecule has 3 heterocycles. The molecule has 1 saturated heterocycles. The average Bonchev–Trinajstić information content (AvgIpc) is 2.76. The highest BCUT2D eigenvalue weighted by atomic mass is 19.1. The predicted octanol–water partition coefficient (Wildman–Crippen LogP) is 1.90. The largest absolute Gasteiger partial charge is 0.503 e. The summed E-state index contributed by atoms with van der Waals surface area (Å²) >= 11 is 0. The first kappa shape index (κ1) is 22.1. The molecule has 2 aliphatic heterocycles. The quantitative estimate of drug-likeness (QED) is 0.595. The Morgan fingerprint density at radius 1 is 1.18 bits per heavy atom. The van der Waals surface area contributed by atoms with Crippen LogP contribution in [-0.2, 0) is 13.1 Å². The molecule has 3 atom stereocenters. The van der Waals surface area contributed by atoms with E-state index in [1.54, 1.807) is 21.6 Å². The lowest BCUT2D eigenvalue weighted by Gasteiger charge is -2.54. The van der Waals surface area contributed by atoms with Crippen LogP contribution in [0, 0.1) is 5.82 Å². The number of aliphatic hydroxyl groups excluding tert-OH is 1. The maximum Gasteiger partial charge on any atom is 0.276 e. The SMILES string of the molecule is C[C@H]1CCN(C2CCC2)C2Cn3cc(C(O)NCc4ccc(F)cc4)c(=O)c(O)c3C(=O)N21. The molecule has 176 valence electrons. The molecule has 1 aromatic heterocycles. The summed E-state index contributed by atoms with van der Waals surface area (Å²) in [5, 5.41) is 24.2. The molecule has 3 aliphatic rings. The lowest BCUT2D eigenvalue weighted by Crippen LogP contribution is -2.66. The van der Waals surface area contributed by atoms with Crippen LogP contribution in [0.4, 0.5) is 4.39 Å². The van der Waals surface area contributed by atoms with Crippen molar-refractivity contribution in [3.05, 3.63) is 63.3 Å². The normalized spacial score (nSPS) is 24.2. The molecule has 2 aromatic rings. The van der Waals surface area contributed by atoms with Crippen LogP contribution in [0.2, 0.25) is 0 Å². The molecule has 9 heteroatoms. The Morgan fingerprint density at radius 2 is 1.91 bits per heavy atom. The van der Waals surface area contributed by atoms with Gasteiger partial charge in [-0.15, -0.1) is 0 Å². The number of halogens is 1.